The quantitative estimate of drug-likeness (QED) is 0.853. The topological polar surface area (TPSA) is 27.6 Å². The van der Waals surface area contributed by atoms with E-state index in [-0.39, 0.29) is 6.17 Å². The van der Waals surface area contributed by atoms with Crippen LogP contribution in [0.3, 0.4) is 0 Å². The van der Waals surface area contributed by atoms with Crippen LogP contribution in [0.5, 0.6) is 0 Å². The summed E-state index contributed by atoms with van der Waals surface area (Å²) in [4.78, 5) is 2.23. The van der Waals surface area contributed by atoms with Crippen molar-refractivity contribution in [3.63, 3.8) is 0 Å². The van der Waals surface area contributed by atoms with Crippen LogP contribution in [0.15, 0.2) is 35.4 Å². The summed E-state index contributed by atoms with van der Waals surface area (Å²) in [5, 5.41) is 6.25. The van der Waals surface area contributed by atoms with E-state index in [1.165, 1.54) is 25.7 Å². The first kappa shape index (κ1) is 12.6. The maximum absolute atomic E-state index is 5.12. The molecule has 0 saturated heterocycles. The summed E-state index contributed by atoms with van der Waals surface area (Å²) in [6, 6.07) is 10.4. The SMILES string of the molecule is S=CC1NN=C(CC2CCCC2)N1c1ccccc1. The number of amidine groups is 1. The third kappa shape index (κ3) is 2.63. The van der Waals surface area contributed by atoms with Gasteiger partial charge in [-0.2, -0.15) is 5.10 Å². The number of hydrogen-bond acceptors (Lipinski definition) is 4. The lowest BCUT2D eigenvalue weighted by Crippen LogP contribution is -2.41. The average Bonchev–Trinajstić information content (AvgIpc) is 3.09. The number of hydrogen-bond donors (Lipinski definition) is 1. The smallest absolute Gasteiger partial charge is 0.150 e. The van der Waals surface area contributed by atoms with Gasteiger partial charge in [0.15, 0.2) is 0 Å². The fourth-order valence-corrected chi connectivity index (χ4v) is 3.20. The molecule has 1 aromatic rings. The van der Waals surface area contributed by atoms with Crippen molar-refractivity contribution in [2.75, 3.05) is 4.90 Å². The Balaban J connectivity index is 1.80. The van der Waals surface area contributed by atoms with Gasteiger partial charge in [0.25, 0.3) is 0 Å². The van der Waals surface area contributed by atoms with Gasteiger partial charge in [-0.25, -0.2) is 0 Å². The van der Waals surface area contributed by atoms with Gasteiger partial charge in [-0.3, -0.25) is 5.43 Å². The molecule has 1 aliphatic carbocycles. The van der Waals surface area contributed by atoms with E-state index in [0.29, 0.717) is 0 Å². The minimum Gasteiger partial charge on any atom is -0.302 e. The first-order valence-electron chi connectivity index (χ1n) is 7.00. The lowest BCUT2D eigenvalue weighted by Gasteiger charge is -2.25. The van der Waals surface area contributed by atoms with Gasteiger partial charge in [-0.1, -0.05) is 56.1 Å². The molecular weight excluding hydrogens is 254 g/mol. The normalized spacial score (nSPS) is 23.3. The fourth-order valence-electron chi connectivity index (χ4n) is 3.02. The van der Waals surface area contributed by atoms with Gasteiger partial charge in [-0.15, -0.1) is 0 Å². The van der Waals surface area contributed by atoms with Crippen molar-refractivity contribution in [1.82, 2.24) is 5.43 Å². The average molecular weight is 273 g/mol. The van der Waals surface area contributed by atoms with Gasteiger partial charge in [-0.05, 0) is 18.1 Å². The lowest BCUT2D eigenvalue weighted by atomic mass is 10.0. The minimum atomic E-state index is 0.00815. The van der Waals surface area contributed by atoms with Gasteiger partial charge >= 0.3 is 0 Å². The Morgan fingerprint density at radius 2 is 2.00 bits per heavy atom. The zero-order valence-corrected chi connectivity index (χ0v) is 11.8. The standard InChI is InChI=1S/C15H19N3S/c19-11-15-17-16-14(10-12-6-4-5-7-12)18(15)13-8-2-1-3-9-13/h1-3,8-9,11-12,15,17H,4-7,10H2. The van der Waals surface area contributed by atoms with Crippen LogP contribution in [-0.2, 0) is 0 Å². The fraction of sp³-hybridized carbons (Fsp3) is 0.467. The molecule has 0 amide bonds. The number of nitrogens with zero attached hydrogens (tertiary/aromatic N) is 2. The molecule has 0 radical (unpaired) electrons. The molecule has 100 valence electrons. The summed E-state index contributed by atoms with van der Waals surface area (Å²) in [6.45, 7) is 0. The third-order valence-electron chi connectivity index (χ3n) is 3.99. The first-order valence-corrected chi connectivity index (χ1v) is 7.47. The molecule has 1 heterocycles. The molecule has 1 atom stereocenters. The van der Waals surface area contributed by atoms with E-state index in [2.05, 4.69) is 39.7 Å². The highest BCUT2D eigenvalue weighted by atomic mass is 32.1. The molecule has 1 N–H and O–H groups in total. The van der Waals surface area contributed by atoms with Crippen LogP contribution in [-0.4, -0.2) is 17.4 Å². The lowest BCUT2D eigenvalue weighted by molar-refractivity contribution is 0.570. The number of thiocarbonyl (C=S) groups is 1. The van der Waals surface area contributed by atoms with Gasteiger partial charge in [0.05, 0.1) is 0 Å². The Morgan fingerprint density at radius 3 is 2.68 bits per heavy atom. The highest BCUT2D eigenvalue weighted by Crippen LogP contribution is 2.30. The first-order chi connectivity index (χ1) is 9.38. The van der Waals surface area contributed by atoms with Crippen LogP contribution in [0.1, 0.15) is 32.1 Å². The van der Waals surface area contributed by atoms with E-state index >= 15 is 0 Å². The number of benzene rings is 1. The molecule has 1 aliphatic heterocycles. The molecule has 0 bridgehead atoms. The predicted molar refractivity (Wildman–Crippen MR) is 83.5 cm³/mol. The van der Waals surface area contributed by atoms with Crippen molar-refractivity contribution < 1.29 is 0 Å². The summed E-state index contributed by atoms with van der Waals surface area (Å²) >= 11 is 5.12. The molecular formula is C15H19N3S. The Bertz CT molecular complexity index is 466. The monoisotopic (exact) mass is 273 g/mol. The van der Waals surface area contributed by atoms with Gasteiger partial charge in [0, 0.05) is 17.5 Å². The summed E-state index contributed by atoms with van der Waals surface area (Å²) < 4.78 is 0. The molecule has 19 heavy (non-hydrogen) atoms. The van der Waals surface area contributed by atoms with Crippen LogP contribution in [0.2, 0.25) is 0 Å². The van der Waals surface area contributed by atoms with Crippen molar-refractivity contribution >= 4 is 29.1 Å². The Labute approximate surface area is 119 Å². The van der Waals surface area contributed by atoms with Crippen molar-refractivity contribution in [2.24, 2.45) is 11.0 Å². The molecule has 3 rings (SSSR count). The van der Waals surface area contributed by atoms with Crippen molar-refractivity contribution in [3.8, 4) is 0 Å². The van der Waals surface area contributed by atoms with Gasteiger partial charge in [0.2, 0.25) is 0 Å². The van der Waals surface area contributed by atoms with E-state index in [4.69, 9.17) is 12.2 Å². The molecule has 1 unspecified atom stereocenters. The number of hydrazone groups is 1. The Hall–Kier alpha value is -1.42. The van der Waals surface area contributed by atoms with Gasteiger partial charge in [0.1, 0.15) is 12.0 Å². The molecule has 2 aliphatic rings. The predicted octanol–water partition coefficient (Wildman–Crippen LogP) is 3.32. The molecule has 4 heteroatoms. The summed E-state index contributed by atoms with van der Waals surface area (Å²) in [5.74, 6) is 1.92. The van der Waals surface area contributed by atoms with Crippen molar-refractivity contribution in [1.29, 1.82) is 0 Å². The van der Waals surface area contributed by atoms with Crippen molar-refractivity contribution in [3.05, 3.63) is 30.3 Å². The highest BCUT2D eigenvalue weighted by Gasteiger charge is 2.29. The second-order valence-corrected chi connectivity index (χ2v) is 5.57. The number of rotatable bonds is 4. The molecule has 0 spiro atoms. The van der Waals surface area contributed by atoms with Gasteiger partial charge < -0.3 is 4.90 Å². The number of nitrogens with one attached hydrogen (secondary N) is 1. The van der Waals surface area contributed by atoms with E-state index < -0.39 is 0 Å². The van der Waals surface area contributed by atoms with E-state index in [1.54, 1.807) is 5.37 Å². The second-order valence-electron chi connectivity index (χ2n) is 5.30. The minimum absolute atomic E-state index is 0.00815. The van der Waals surface area contributed by atoms with E-state index in [0.717, 1.165) is 23.9 Å². The Morgan fingerprint density at radius 1 is 1.26 bits per heavy atom. The van der Waals surface area contributed by atoms with Crippen LogP contribution in [0.4, 0.5) is 5.69 Å². The zero-order valence-electron chi connectivity index (χ0n) is 11.0. The maximum atomic E-state index is 5.12. The number of anilines is 1. The van der Waals surface area contributed by atoms with Crippen LogP contribution >= 0.6 is 12.2 Å². The summed E-state index contributed by atoms with van der Waals surface area (Å²) in [6.07, 6.45) is 6.48. The highest BCUT2D eigenvalue weighted by molar-refractivity contribution is 7.79. The van der Waals surface area contributed by atoms with E-state index in [1.807, 2.05) is 6.07 Å². The number of para-hydroxylation sites is 1. The zero-order chi connectivity index (χ0) is 13.1. The largest absolute Gasteiger partial charge is 0.302 e. The molecule has 1 fully saturated rings. The molecule has 0 aromatic heterocycles. The second kappa shape index (κ2) is 5.70. The third-order valence-corrected chi connectivity index (χ3v) is 4.25. The van der Waals surface area contributed by atoms with E-state index in [9.17, 15) is 0 Å². The maximum Gasteiger partial charge on any atom is 0.150 e. The van der Waals surface area contributed by atoms with Crippen LogP contribution in [0, 0.1) is 5.92 Å². The summed E-state index contributed by atoms with van der Waals surface area (Å²) in [7, 11) is 0. The Kier molecular flexibility index (Phi) is 3.78. The van der Waals surface area contributed by atoms with Crippen molar-refractivity contribution in [2.45, 2.75) is 38.3 Å². The molecule has 3 nitrogen and oxygen atoms in total. The van der Waals surface area contributed by atoms with Crippen LogP contribution in [0.25, 0.3) is 0 Å². The molecule has 1 aromatic carbocycles. The molecule has 1 saturated carbocycles. The summed E-state index contributed by atoms with van der Waals surface area (Å²) in [5.41, 5.74) is 4.30. The van der Waals surface area contributed by atoms with Crippen LogP contribution < -0.4 is 10.3 Å².